The Morgan fingerprint density at radius 2 is 1.72 bits per heavy atom. The SMILES string of the molecule is CC1=C(NC(=O)C2=Cc3cc(-c4ccc(C)cc4)ccc3CCC2)C=CC(=O)C1=C1C=CC=CN1O. The molecular weight excluding hydrogens is 448 g/mol. The van der Waals surface area contributed by atoms with Gasteiger partial charge in [-0.15, -0.1) is 0 Å². The number of nitrogens with zero attached hydrogens (tertiary/aromatic N) is 1. The Morgan fingerprint density at radius 1 is 0.944 bits per heavy atom. The molecule has 36 heavy (non-hydrogen) atoms. The minimum absolute atomic E-state index is 0.179. The summed E-state index contributed by atoms with van der Waals surface area (Å²) in [6.45, 7) is 3.86. The van der Waals surface area contributed by atoms with Crippen LogP contribution in [-0.2, 0) is 16.0 Å². The second-order valence-electron chi connectivity index (χ2n) is 9.30. The van der Waals surface area contributed by atoms with Crippen molar-refractivity contribution in [3.8, 4) is 11.1 Å². The highest BCUT2D eigenvalue weighted by Crippen LogP contribution is 2.30. The summed E-state index contributed by atoms with van der Waals surface area (Å²) in [6.07, 6.45) is 14.1. The number of allylic oxidation sites excluding steroid dienone is 7. The number of amides is 1. The number of carbonyl (C=O) groups excluding carboxylic acids is 2. The highest BCUT2D eigenvalue weighted by molar-refractivity contribution is 6.10. The first-order chi connectivity index (χ1) is 17.4. The molecule has 1 aliphatic heterocycles. The lowest BCUT2D eigenvalue weighted by Crippen LogP contribution is -2.28. The molecule has 0 saturated carbocycles. The molecule has 5 heteroatoms. The number of hydrogen-bond acceptors (Lipinski definition) is 4. The lowest BCUT2D eigenvalue weighted by molar-refractivity contribution is -0.117. The molecule has 0 spiro atoms. The molecule has 180 valence electrons. The molecule has 2 aromatic carbocycles. The number of rotatable bonds is 3. The van der Waals surface area contributed by atoms with Crippen LogP contribution >= 0.6 is 0 Å². The van der Waals surface area contributed by atoms with Gasteiger partial charge < -0.3 is 5.32 Å². The van der Waals surface area contributed by atoms with Gasteiger partial charge in [0.05, 0.1) is 11.3 Å². The smallest absolute Gasteiger partial charge is 0.251 e. The van der Waals surface area contributed by atoms with Crippen molar-refractivity contribution in [1.82, 2.24) is 10.4 Å². The molecule has 0 bridgehead atoms. The fourth-order valence-electron chi connectivity index (χ4n) is 4.77. The molecule has 2 aromatic rings. The third kappa shape index (κ3) is 4.66. The van der Waals surface area contributed by atoms with Crippen molar-refractivity contribution in [2.75, 3.05) is 0 Å². The van der Waals surface area contributed by atoms with Gasteiger partial charge >= 0.3 is 0 Å². The fourth-order valence-corrected chi connectivity index (χ4v) is 4.77. The van der Waals surface area contributed by atoms with Crippen LogP contribution in [0.4, 0.5) is 0 Å². The van der Waals surface area contributed by atoms with E-state index in [2.05, 4.69) is 54.7 Å². The van der Waals surface area contributed by atoms with Gasteiger partial charge in [0.2, 0.25) is 0 Å². The zero-order valence-corrected chi connectivity index (χ0v) is 20.4. The van der Waals surface area contributed by atoms with Crippen molar-refractivity contribution in [3.05, 3.63) is 124 Å². The van der Waals surface area contributed by atoms with Gasteiger partial charge in [-0.3, -0.25) is 14.8 Å². The van der Waals surface area contributed by atoms with E-state index in [9.17, 15) is 14.8 Å². The van der Waals surface area contributed by atoms with Crippen LogP contribution in [-0.4, -0.2) is 22.0 Å². The number of hydroxylamine groups is 2. The van der Waals surface area contributed by atoms with Gasteiger partial charge in [0.15, 0.2) is 5.78 Å². The fraction of sp³-hybridized carbons (Fsp3) is 0.161. The normalized spacial score (nSPS) is 19.2. The van der Waals surface area contributed by atoms with Crippen molar-refractivity contribution >= 4 is 17.8 Å². The Hall–Kier alpha value is -4.22. The number of hydrogen-bond donors (Lipinski definition) is 2. The largest absolute Gasteiger partial charge is 0.322 e. The predicted octanol–water partition coefficient (Wildman–Crippen LogP) is 5.94. The first kappa shape index (κ1) is 23.5. The van der Waals surface area contributed by atoms with E-state index in [0.717, 1.165) is 34.6 Å². The molecule has 0 fully saturated rings. The first-order valence-corrected chi connectivity index (χ1v) is 12.1. The van der Waals surface area contributed by atoms with Crippen LogP contribution in [0.3, 0.4) is 0 Å². The summed E-state index contributed by atoms with van der Waals surface area (Å²) in [5, 5.41) is 14.1. The Bertz CT molecular complexity index is 1430. The van der Waals surface area contributed by atoms with E-state index in [0.29, 0.717) is 34.5 Å². The summed E-state index contributed by atoms with van der Waals surface area (Å²) >= 11 is 0. The van der Waals surface area contributed by atoms with Crippen LogP contribution < -0.4 is 5.32 Å². The average Bonchev–Trinajstić information content (AvgIpc) is 3.09. The van der Waals surface area contributed by atoms with Crippen LogP contribution in [0.1, 0.15) is 36.5 Å². The summed E-state index contributed by atoms with van der Waals surface area (Å²) in [7, 11) is 0. The van der Waals surface area contributed by atoms with Crippen molar-refractivity contribution in [1.29, 1.82) is 0 Å². The van der Waals surface area contributed by atoms with Gasteiger partial charge in [-0.1, -0.05) is 48.0 Å². The number of aryl methyl sites for hydroxylation is 2. The van der Waals surface area contributed by atoms with Gasteiger partial charge in [0.1, 0.15) is 0 Å². The quantitative estimate of drug-likeness (QED) is 0.538. The Morgan fingerprint density at radius 3 is 2.50 bits per heavy atom. The molecule has 0 aromatic heterocycles. The summed E-state index contributed by atoms with van der Waals surface area (Å²) in [5.41, 5.74) is 8.40. The maximum atomic E-state index is 13.4. The summed E-state index contributed by atoms with van der Waals surface area (Å²) in [5.74, 6) is -0.396. The van der Waals surface area contributed by atoms with Crippen molar-refractivity contribution in [2.24, 2.45) is 0 Å². The molecule has 3 aliphatic rings. The summed E-state index contributed by atoms with van der Waals surface area (Å²) < 4.78 is 0. The van der Waals surface area contributed by atoms with E-state index in [1.807, 2.05) is 6.08 Å². The van der Waals surface area contributed by atoms with Crippen molar-refractivity contribution < 1.29 is 14.8 Å². The average molecular weight is 477 g/mol. The molecule has 5 rings (SSSR count). The van der Waals surface area contributed by atoms with E-state index in [1.54, 1.807) is 31.2 Å². The van der Waals surface area contributed by atoms with Crippen LogP contribution in [0.5, 0.6) is 0 Å². The molecule has 1 amide bonds. The highest BCUT2D eigenvalue weighted by atomic mass is 16.5. The van der Waals surface area contributed by atoms with E-state index in [-0.39, 0.29) is 11.7 Å². The maximum absolute atomic E-state index is 13.4. The Kier molecular flexibility index (Phi) is 6.40. The van der Waals surface area contributed by atoms with Gasteiger partial charge in [-0.05, 0) is 97.4 Å². The van der Waals surface area contributed by atoms with Gasteiger partial charge in [-0.25, -0.2) is 5.06 Å². The van der Waals surface area contributed by atoms with Crippen LogP contribution in [0.25, 0.3) is 17.2 Å². The molecule has 0 unspecified atom stereocenters. The topological polar surface area (TPSA) is 69.6 Å². The lowest BCUT2D eigenvalue weighted by atomic mass is 9.93. The van der Waals surface area contributed by atoms with E-state index in [1.165, 1.54) is 23.4 Å². The Labute approximate surface area is 211 Å². The molecule has 1 heterocycles. The molecule has 5 nitrogen and oxygen atoms in total. The molecule has 2 N–H and O–H groups in total. The predicted molar refractivity (Wildman–Crippen MR) is 141 cm³/mol. The third-order valence-corrected chi connectivity index (χ3v) is 6.81. The van der Waals surface area contributed by atoms with Gasteiger partial charge in [0.25, 0.3) is 5.91 Å². The van der Waals surface area contributed by atoms with Crippen LogP contribution in [0, 0.1) is 6.92 Å². The second-order valence-corrected chi connectivity index (χ2v) is 9.30. The number of nitrogens with one attached hydrogen (secondary N) is 1. The number of fused-ring (bicyclic) bond motifs is 1. The van der Waals surface area contributed by atoms with Gasteiger partial charge in [0, 0.05) is 17.5 Å². The zero-order valence-electron chi connectivity index (χ0n) is 20.4. The van der Waals surface area contributed by atoms with Crippen molar-refractivity contribution in [3.63, 3.8) is 0 Å². The van der Waals surface area contributed by atoms with Crippen molar-refractivity contribution in [2.45, 2.75) is 33.1 Å². The first-order valence-electron chi connectivity index (χ1n) is 12.1. The Balaban J connectivity index is 1.45. The minimum atomic E-state index is -0.217. The van der Waals surface area contributed by atoms with E-state index < -0.39 is 0 Å². The number of ketones is 1. The number of carbonyl (C=O) groups is 2. The maximum Gasteiger partial charge on any atom is 0.251 e. The summed E-state index contributed by atoms with van der Waals surface area (Å²) in [4.78, 5) is 26.0. The van der Waals surface area contributed by atoms with Crippen LogP contribution in [0.2, 0.25) is 0 Å². The third-order valence-electron chi connectivity index (χ3n) is 6.81. The van der Waals surface area contributed by atoms with E-state index in [4.69, 9.17) is 0 Å². The molecule has 0 atom stereocenters. The van der Waals surface area contributed by atoms with Gasteiger partial charge in [-0.2, -0.15) is 0 Å². The van der Waals surface area contributed by atoms with Crippen LogP contribution in [0.15, 0.2) is 107 Å². The minimum Gasteiger partial charge on any atom is -0.322 e. The monoisotopic (exact) mass is 476 g/mol. The standard InChI is InChI=1S/C31H28N2O3/c1-20-9-11-23(12-10-20)24-14-13-22-6-5-7-25(19-26(22)18-24)31(35)32-27-15-16-29(34)30(21(27)2)28-8-3-4-17-33(28)36/h3-4,8-19,36H,5-7H2,1-2H3,(H,32,35). The number of benzene rings is 2. The molecule has 0 radical (unpaired) electrons. The summed E-state index contributed by atoms with van der Waals surface area (Å²) in [6, 6.07) is 14.9. The van der Waals surface area contributed by atoms with E-state index >= 15 is 0 Å². The molecule has 0 saturated heterocycles. The second kappa shape index (κ2) is 9.80. The lowest BCUT2D eigenvalue weighted by Gasteiger charge is -2.23. The zero-order chi connectivity index (χ0) is 25.2. The highest BCUT2D eigenvalue weighted by Gasteiger charge is 2.25. The molecule has 2 aliphatic carbocycles. The molecular formula is C31H28N2O3.